The van der Waals surface area contributed by atoms with Gasteiger partial charge in [0.05, 0.1) is 13.0 Å². The molecule has 0 spiro atoms. The fourth-order valence-electron chi connectivity index (χ4n) is 2.82. The van der Waals surface area contributed by atoms with Gasteiger partial charge in [-0.05, 0) is 43.4 Å². The van der Waals surface area contributed by atoms with Crippen LogP contribution in [0.1, 0.15) is 6.42 Å². The first-order chi connectivity index (χ1) is 12.2. The van der Waals surface area contributed by atoms with Gasteiger partial charge in [0.2, 0.25) is 5.91 Å². The number of piperazine rings is 1. The van der Waals surface area contributed by atoms with Crippen molar-refractivity contribution >= 4 is 17.3 Å². The van der Waals surface area contributed by atoms with Crippen LogP contribution >= 0.6 is 0 Å². The average molecular weight is 339 g/mol. The Morgan fingerprint density at radius 2 is 1.68 bits per heavy atom. The van der Waals surface area contributed by atoms with Gasteiger partial charge in [-0.25, -0.2) is 0 Å². The number of likely N-dealkylation sites (N-methyl/N-ethyl adjacent to an activating group) is 1. The van der Waals surface area contributed by atoms with Crippen molar-refractivity contribution in [3.05, 3.63) is 54.6 Å². The summed E-state index contributed by atoms with van der Waals surface area (Å²) in [5, 5.41) is 2.92. The molecule has 1 fully saturated rings. The molecule has 1 heterocycles. The lowest BCUT2D eigenvalue weighted by Crippen LogP contribution is -2.44. The van der Waals surface area contributed by atoms with Crippen LogP contribution in [0.15, 0.2) is 54.6 Å². The molecular formula is C20H25N3O2. The Labute approximate surface area is 149 Å². The van der Waals surface area contributed by atoms with Gasteiger partial charge in [0.25, 0.3) is 0 Å². The van der Waals surface area contributed by atoms with Crippen LogP contribution in [0.2, 0.25) is 0 Å². The molecule has 0 saturated carbocycles. The van der Waals surface area contributed by atoms with Crippen molar-refractivity contribution in [3.8, 4) is 5.75 Å². The Hall–Kier alpha value is -2.53. The van der Waals surface area contributed by atoms with Gasteiger partial charge in [-0.1, -0.05) is 18.2 Å². The number of hydrogen-bond donors (Lipinski definition) is 1. The second-order valence-electron chi connectivity index (χ2n) is 6.30. The minimum Gasteiger partial charge on any atom is -0.493 e. The van der Waals surface area contributed by atoms with Crippen LogP contribution in [0.5, 0.6) is 5.75 Å². The van der Waals surface area contributed by atoms with E-state index in [-0.39, 0.29) is 5.91 Å². The molecule has 0 unspecified atom stereocenters. The highest BCUT2D eigenvalue weighted by molar-refractivity contribution is 5.90. The third-order valence-corrected chi connectivity index (χ3v) is 4.36. The van der Waals surface area contributed by atoms with Gasteiger partial charge in [-0.3, -0.25) is 4.79 Å². The van der Waals surface area contributed by atoms with Gasteiger partial charge in [-0.15, -0.1) is 0 Å². The number of para-hydroxylation sites is 1. The summed E-state index contributed by atoms with van der Waals surface area (Å²) < 4.78 is 5.55. The molecule has 0 atom stereocenters. The van der Waals surface area contributed by atoms with Gasteiger partial charge in [0.1, 0.15) is 5.75 Å². The number of nitrogens with one attached hydrogen (secondary N) is 1. The zero-order chi connectivity index (χ0) is 17.5. The maximum absolute atomic E-state index is 12.0. The van der Waals surface area contributed by atoms with Crippen LogP contribution in [-0.2, 0) is 4.79 Å². The first-order valence-corrected chi connectivity index (χ1v) is 8.72. The van der Waals surface area contributed by atoms with E-state index < -0.39 is 0 Å². The summed E-state index contributed by atoms with van der Waals surface area (Å²) >= 11 is 0. The second-order valence-corrected chi connectivity index (χ2v) is 6.30. The number of anilines is 2. The Morgan fingerprint density at radius 1 is 1.00 bits per heavy atom. The van der Waals surface area contributed by atoms with E-state index in [4.69, 9.17) is 4.74 Å². The number of hydrogen-bond acceptors (Lipinski definition) is 4. The molecule has 1 amide bonds. The SMILES string of the molecule is CN1CCN(c2ccc(NC(=O)CCOc3ccccc3)cc2)CC1. The molecule has 1 aliphatic heterocycles. The summed E-state index contributed by atoms with van der Waals surface area (Å²) in [6.07, 6.45) is 0.328. The highest BCUT2D eigenvalue weighted by atomic mass is 16.5. The van der Waals surface area contributed by atoms with Crippen molar-refractivity contribution in [1.29, 1.82) is 0 Å². The van der Waals surface area contributed by atoms with Gasteiger partial charge in [0.15, 0.2) is 0 Å². The predicted octanol–water partition coefficient (Wildman–Crippen LogP) is 2.85. The Kier molecular flexibility index (Phi) is 5.90. The number of carbonyl (C=O) groups is 1. The zero-order valence-electron chi connectivity index (χ0n) is 14.6. The van der Waals surface area contributed by atoms with Gasteiger partial charge in [-0.2, -0.15) is 0 Å². The molecule has 1 N–H and O–H groups in total. The highest BCUT2D eigenvalue weighted by Crippen LogP contribution is 2.19. The molecule has 3 rings (SSSR count). The number of nitrogens with zero attached hydrogens (tertiary/aromatic N) is 2. The Morgan fingerprint density at radius 3 is 2.36 bits per heavy atom. The number of ether oxygens (including phenoxy) is 1. The molecule has 0 bridgehead atoms. The van der Waals surface area contributed by atoms with E-state index in [1.54, 1.807) is 0 Å². The lowest BCUT2D eigenvalue weighted by Gasteiger charge is -2.34. The lowest BCUT2D eigenvalue weighted by molar-refractivity contribution is -0.116. The molecule has 0 aliphatic carbocycles. The third kappa shape index (κ3) is 5.22. The largest absolute Gasteiger partial charge is 0.493 e. The smallest absolute Gasteiger partial charge is 0.227 e. The van der Waals surface area contributed by atoms with Crippen LogP contribution < -0.4 is 15.0 Å². The lowest BCUT2D eigenvalue weighted by atomic mass is 10.2. The van der Waals surface area contributed by atoms with Gasteiger partial charge >= 0.3 is 0 Å². The van der Waals surface area contributed by atoms with E-state index in [2.05, 4.69) is 34.3 Å². The molecule has 2 aromatic rings. The molecule has 5 nitrogen and oxygen atoms in total. The molecule has 0 radical (unpaired) electrons. The fourth-order valence-corrected chi connectivity index (χ4v) is 2.82. The standard InChI is InChI=1S/C20H25N3O2/c1-22-12-14-23(15-13-22)18-9-7-17(8-10-18)21-20(24)11-16-25-19-5-3-2-4-6-19/h2-10H,11-16H2,1H3,(H,21,24). The van der Waals surface area contributed by atoms with Crippen molar-refractivity contribution in [2.45, 2.75) is 6.42 Å². The fraction of sp³-hybridized carbons (Fsp3) is 0.350. The number of rotatable bonds is 6. The van der Waals surface area contributed by atoms with Crippen molar-refractivity contribution in [2.24, 2.45) is 0 Å². The van der Waals surface area contributed by atoms with E-state index in [1.165, 1.54) is 5.69 Å². The summed E-state index contributed by atoms with van der Waals surface area (Å²) in [6.45, 7) is 4.62. The normalized spacial score (nSPS) is 15.0. The third-order valence-electron chi connectivity index (χ3n) is 4.36. The van der Waals surface area contributed by atoms with E-state index in [0.29, 0.717) is 13.0 Å². The van der Waals surface area contributed by atoms with E-state index in [1.807, 2.05) is 42.5 Å². The molecule has 132 valence electrons. The molecular weight excluding hydrogens is 314 g/mol. The number of amides is 1. The van der Waals surface area contributed by atoms with Crippen molar-refractivity contribution in [2.75, 3.05) is 50.1 Å². The molecule has 0 aromatic heterocycles. The van der Waals surface area contributed by atoms with Crippen LogP contribution in [0.4, 0.5) is 11.4 Å². The van der Waals surface area contributed by atoms with Crippen LogP contribution in [0, 0.1) is 0 Å². The van der Waals surface area contributed by atoms with Crippen LogP contribution in [0.25, 0.3) is 0 Å². The molecule has 2 aromatic carbocycles. The maximum Gasteiger partial charge on any atom is 0.227 e. The maximum atomic E-state index is 12.0. The van der Waals surface area contributed by atoms with Crippen LogP contribution in [0.3, 0.4) is 0 Å². The summed E-state index contributed by atoms with van der Waals surface area (Å²) in [6, 6.07) is 17.6. The first kappa shape index (κ1) is 17.3. The number of benzene rings is 2. The molecule has 1 saturated heterocycles. The average Bonchev–Trinajstić information content (AvgIpc) is 2.64. The number of carbonyl (C=O) groups excluding carboxylic acids is 1. The van der Waals surface area contributed by atoms with Crippen molar-refractivity contribution < 1.29 is 9.53 Å². The quantitative estimate of drug-likeness (QED) is 0.879. The Bertz CT molecular complexity index is 665. The van der Waals surface area contributed by atoms with E-state index in [0.717, 1.165) is 37.6 Å². The molecule has 25 heavy (non-hydrogen) atoms. The predicted molar refractivity (Wildman–Crippen MR) is 101 cm³/mol. The van der Waals surface area contributed by atoms with Crippen LogP contribution in [-0.4, -0.2) is 50.6 Å². The second kappa shape index (κ2) is 8.53. The Balaban J connectivity index is 1.44. The summed E-state index contributed by atoms with van der Waals surface area (Å²) in [4.78, 5) is 16.7. The molecule has 5 heteroatoms. The summed E-state index contributed by atoms with van der Waals surface area (Å²) in [5.41, 5.74) is 2.03. The topological polar surface area (TPSA) is 44.8 Å². The highest BCUT2D eigenvalue weighted by Gasteiger charge is 2.14. The monoisotopic (exact) mass is 339 g/mol. The van der Waals surface area contributed by atoms with E-state index in [9.17, 15) is 4.79 Å². The minimum absolute atomic E-state index is 0.0386. The van der Waals surface area contributed by atoms with Crippen molar-refractivity contribution in [3.63, 3.8) is 0 Å². The summed E-state index contributed by atoms with van der Waals surface area (Å²) in [5.74, 6) is 0.745. The molecule has 1 aliphatic rings. The first-order valence-electron chi connectivity index (χ1n) is 8.72. The summed E-state index contributed by atoms with van der Waals surface area (Å²) in [7, 11) is 2.15. The van der Waals surface area contributed by atoms with Gasteiger partial charge < -0.3 is 19.9 Å². The zero-order valence-corrected chi connectivity index (χ0v) is 14.6. The van der Waals surface area contributed by atoms with Crippen molar-refractivity contribution in [1.82, 2.24) is 4.90 Å². The van der Waals surface area contributed by atoms with Gasteiger partial charge in [0, 0.05) is 37.6 Å². The minimum atomic E-state index is -0.0386. The van der Waals surface area contributed by atoms with E-state index >= 15 is 0 Å².